The van der Waals surface area contributed by atoms with Gasteiger partial charge >= 0.3 is 5.97 Å². The molecule has 0 aromatic heterocycles. The highest BCUT2D eigenvalue weighted by Gasteiger charge is 2.14. The first-order chi connectivity index (χ1) is 10.1. The number of anilines is 2. The van der Waals surface area contributed by atoms with Crippen molar-refractivity contribution in [2.45, 2.75) is 13.0 Å². The zero-order valence-electron chi connectivity index (χ0n) is 12.4. The standard InChI is InChI=1S/C17H19NO3/c1-13(17(19)20-3)21-16-11-9-15(10-12-16)18(2)14-7-5-4-6-8-14/h4-13H,1-3H3. The van der Waals surface area contributed by atoms with Crippen LogP contribution in [0.25, 0.3) is 0 Å². The molecule has 0 aliphatic carbocycles. The highest BCUT2D eigenvalue weighted by atomic mass is 16.6. The van der Waals surface area contributed by atoms with Gasteiger partial charge in [0.1, 0.15) is 5.75 Å². The van der Waals surface area contributed by atoms with Crippen LogP contribution in [0.5, 0.6) is 5.75 Å². The predicted octanol–water partition coefficient (Wildman–Crippen LogP) is 3.39. The lowest BCUT2D eigenvalue weighted by Gasteiger charge is -2.20. The van der Waals surface area contributed by atoms with Gasteiger partial charge < -0.3 is 14.4 Å². The third-order valence-electron chi connectivity index (χ3n) is 3.21. The SMILES string of the molecule is COC(=O)C(C)Oc1ccc(N(C)c2ccccc2)cc1. The van der Waals surface area contributed by atoms with E-state index in [1.807, 2.05) is 61.6 Å². The third kappa shape index (κ3) is 3.75. The molecule has 0 aliphatic heterocycles. The van der Waals surface area contributed by atoms with E-state index in [0.717, 1.165) is 11.4 Å². The molecule has 0 saturated carbocycles. The van der Waals surface area contributed by atoms with Crippen LogP contribution >= 0.6 is 0 Å². The molecule has 4 heteroatoms. The monoisotopic (exact) mass is 285 g/mol. The fourth-order valence-electron chi connectivity index (χ4n) is 1.97. The minimum absolute atomic E-state index is 0.388. The number of hydrogen-bond donors (Lipinski definition) is 0. The van der Waals surface area contributed by atoms with Gasteiger partial charge in [-0.05, 0) is 43.3 Å². The summed E-state index contributed by atoms with van der Waals surface area (Å²) in [6.07, 6.45) is -0.618. The Kier molecular flexibility index (Phi) is 4.82. The molecule has 0 aliphatic rings. The lowest BCUT2D eigenvalue weighted by molar-refractivity contribution is -0.147. The van der Waals surface area contributed by atoms with Crippen LogP contribution in [0, 0.1) is 0 Å². The Morgan fingerprint density at radius 1 is 1.00 bits per heavy atom. The molecule has 0 radical (unpaired) electrons. The van der Waals surface area contributed by atoms with E-state index in [4.69, 9.17) is 4.74 Å². The lowest BCUT2D eigenvalue weighted by atomic mass is 10.2. The summed E-state index contributed by atoms with van der Waals surface area (Å²) in [5.74, 6) is 0.249. The van der Waals surface area contributed by atoms with Crippen LogP contribution in [0.1, 0.15) is 6.92 Å². The van der Waals surface area contributed by atoms with Gasteiger partial charge in [0.15, 0.2) is 6.10 Å². The summed E-state index contributed by atoms with van der Waals surface area (Å²) in [5.41, 5.74) is 2.15. The zero-order chi connectivity index (χ0) is 15.2. The van der Waals surface area contributed by atoms with Crippen LogP contribution in [-0.2, 0) is 9.53 Å². The minimum atomic E-state index is -0.618. The number of rotatable bonds is 5. The van der Waals surface area contributed by atoms with Crippen molar-refractivity contribution in [3.05, 3.63) is 54.6 Å². The Labute approximate surface area is 124 Å². The second-order valence-electron chi connectivity index (χ2n) is 4.67. The van der Waals surface area contributed by atoms with Crippen molar-refractivity contribution < 1.29 is 14.3 Å². The van der Waals surface area contributed by atoms with Crippen molar-refractivity contribution in [3.8, 4) is 5.75 Å². The van der Waals surface area contributed by atoms with Gasteiger partial charge in [0, 0.05) is 18.4 Å². The summed E-state index contributed by atoms with van der Waals surface area (Å²) < 4.78 is 10.1. The average Bonchev–Trinajstić information content (AvgIpc) is 2.55. The molecule has 2 aromatic rings. The van der Waals surface area contributed by atoms with Crippen molar-refractivity contribution >= 4 is 17.3 Å². The molecule has 2 aromatic carbocycles. The maximum atomic E-state index is 11.3. The molecule has 2 rings (SSSR count). The molecule has 0 spiro atoms. The van der Waals surface area contributed by atoms with Crippen molar-refractivity contribution in [1.82, 2.24) is 0 Å². The van der Waals surface area contributed by atoms with Gasteiger partial charge in [-0.2, -0.15) is 0 Å². The first-order valence-electron chi connectivity index (χ1n) is 6.75. The molecule has 0 amide bonds. The van der Waals surface area contributed by atoms with Crippen molar-refractivity contribution in [2.75, 3.05) is 19.1 Å². The quantitative estimate of drug-likeness (QED) is 0.789. The van der Waals surface area contributed by atoms with Crippen LogP contribution in [0.15, 0.2) is 54.6 Å². The number of hydrogen-bond acceptors (Lipinski definition) is 4. The largest absolute Gasteiger partial charge is 0.479 e. The number of nitrogens with zero attached hydrogens (tertiary/aromatic N) is 1. The van der Waals surface area contributed by atoms with E-state index in [-0.39, 0.29) is 5.97 Å². The summed E-state index contributed by atoms with van der Waals surface area (Å²) in [5, 5.41) is 0. The molecule has 0 bridgehead atoms. The normalized spacial score (nSPS) is 11.6. The van der Waals surface area contributed by atoms with E-state index in [0.29, 0.717) is 5.75 Å². The lowest BCUT2D eigenvalue weighted by Crippen LogP contribution is -2.24. The van der Waals surface area contributed by atoms with Crippen LogP contribution in [0.4, 0.5) is 11.4 Å². The Morgan fingerprint density at radius 3 is 2.14 bits per heavy atom. The average molecular weight is 285 g/mol. The fraction of sp³-hybridized carbons (Fsp3) is 0.235. The molecule has 0 saturated heterocycles. The number of methoxy groups -OCH3 is 1. The number of ether oxygens (including phenoxy) is 2. The topological polar surface area (TPSA) is 38.8 Å². The Hall–Kier alpha value is -2.49. The summed E-state index contributed by atoms with van der Waals surface area (Å²) in [4.78, 5) is 13.4. The fourth-order valence-corrected chi connectivity index (χ4v) is 1.97. The highest BCUT2D eigenvalue weighted by Crippen LogP contribution is 2.25. The second kappa shape index (κ2) is 6.79. The first-order valence-corrected chi connectivity index (χ1v) is 6.75. The van der Waals surface area contributed by atoms with Gasteiger partial charge in [0.05, 0.1) is 7.11 Å². The molecular formula is C17H19NO3. The summed E-state index contributed by atoms with van der Waals surface area (Å²) in [6, 6.07) is 17.7. The molecular weight excluding hydrogens is 266 g/mol. The van der Waals surface area contributed by atoms with Crippen LogP contribution in [0.2, 0.25) is 0 Å². The zero-order valence-corrected chi connectivity index (χ0v) is 12.4. The summed E-state index contributed by atoms with van der Waals surface area (Å²) >= 11 is 0. The first kappa shape index (κ1) is 14.9. The smallest absolute Gasteiger partial charge is 0.346 e. The number of benzene rings is 2. The van der Waals surface area contributed by atoms with E-state index in [2.05, 4.69) is 9.64 Å². The molecule has 4 nitrogen and oxygen atoms in total. The Morgan fingerprint density at radius 2 is 1.57 bits per heavy atom. The number of para-hydroxylation sites is 1. The summed E-state index contributed by atoms with van der Waals surface area (Å²) in [6.45, 7) is 1.66. The number of esters is 1. The van der Waals surface area contributed by atoms with Gasteiger partial charge in [-0.25, -0.2) is 4.79 Å². The minimum Gasteiger partial charge on any atom is -0.479 e. The van der Waals surface area contributed by atoms with Gasteiger partial charge in [-0.3, -0.25) is 0 Å². The van der Waals surface area contributed by atoms with E-state index in [9.17, 15) is 4.79 Å². The van der Waals surface area contributed by atoms with E-state index >= 15 is 0 Å². The number of carbonyl (C=O) groups excluding carboxylic acids is 1. The Bertz CT molecular complexity index is 581. The molecule has 110 valence electrons. The summed E-state index contributed by atoms with van der Waals surface area (Å²) in [7, 11) is 3.35. The van der Waals surface area contributed by atoms with E-state index in [1.54, 1.807) is 6.92 Å². The van der Waals surface area contributed by atoms with Crippen LogP contribution in [-0.4, -0.2) is 26.2 Å². The Balaban J connectivity index is 2.07. The maximum Gasteiger partial charge on any atom is 0.346 e. The second-order valence-corrected chi connectivity index (χ2v) is 4.67. The van der Waals surface area contributed by atoms with Gasteiger partial charge in [-0.15, -0.1) is 0 Å². The highest BCUT2D eigenvalue weighted by molar-refractivity contribution is 5.74. The van der Waals surface area contributed by atoms with Gasteiger partial charge in [-0.1, -0.05) is 18.2 Å². The van der Waals surface area contributed by atoms with Crippen molar-refractivity contribution in [1.29, 1.82) is 0 Å². The van der Waals surface area contributed by atoms with E-state index < -0.39 is 6.10 Å². The molecule has 0 N–H and O–H groups in total. The van der Waals surface area contributed by atoms with Crippen LogP contribution < -0.4 is 9.64 Å². The third-order valence-corrected chi connectivity index (χ3v) is 3.21. The predicted molar refractivity (Wildman–Crippen MR) is 83.1 cm³/mol. The molecule has 0 heterocycles. The molecule has 1 unspecified atom stereocenters. The molecule has 21 heavy (non-hydrogen) atoms. The van der Waals surface area contributed by atoms with Gasteiger partial charge in [0.25, 0.3) is 0 Å². The number of carbonyl (C=O) groups is 1. The van der Waals surface area contributed by atoms with Gasteiger partial charge in [0.2, 0.25) is 0 Å². The van der Waals surface area contributed by atoms with E-state index in [1.165, 1.54) is 7.11 Å². The molecule has 0 fully saturated rings. The maximum absolute atomic E-state index is 11.3. The van der Waals surface area contributed by atoms with Crippen molar-refractivity contribution in [3.63, 3.8) is 0 Å². The van der Waals surface area contributed by atoms with Crippen LogP contribution in [0.3, 0.4) is 0 Å². The van der Waals surface area contributed by atoms with Crippen molar-refractivity contribution in [2.24, 2.45) is 0 Å². The molecule has 1 atom stereocenters.